The summed E-state index contributed by atoms with van der Waals surface area (Å²) in [6.45, 7) is 9.94. The normalized spacial score (nSPS) is 15.8. The Balaban J connectivity index is 1.57. The van der Waals surface area contributed by atoms with Gasteiger partial charge in [-0.3, -0.25) is 9.69 Å². The van der Waals surface area contributed by atoms with Crippen LogP contribution in [0.3, 0.4) is 0 Å². The van der Waals surface area contributed by atoms with E-state index < -0.39 is 0 Å². The Morgan fingerprint density at radius 2 is 1.83 bits per heavy atom. The Hall–Kier alpha value is -3.56. The van der Waals surface area contributed by atoms with E-state index >= 15 is 0 Å². The van der Waals surface area contributed by atoms with E-state index in [0.717, 1.165) is 61.4 Å². The van der Waals surface area contributed by atoms with E-state index in [0.29, 0.717) is 24.5 Å². The molecule has 5 rings (SSSR count). The van der Waals surface area contributed by atoms with E-state index in [4.69, 9.17) is 4.74 Å². The number of H-pyrrole nitrogens is 1. The van der Waals surface area contributed by atoms with Gasteiger partial charge in [-0.15, -0.1) is 5.10 Å². The van der Waals surface area contributed by atoms with Gasteiger partial charge in [-0.05, 0) is 60.1 Å². The Morgan fingerprint density at radius 3 is 2.58 bits per heavy atom. The van der Waals surface area contributed by atoms with Crippen LogP contribution in [-0.4, -0.2) is 74.3 Å². The highest BCUT2D eigenvalue weighted by atomic mass is 16.5. The average Bonchev–Trinajstić information content (AvgIpc) is 3.34. The fourth-order valence-corrected chi connectivity index (χ4v) is 5.00. The summed E-state index contributed by atoms with van der Waals surface area (Å²) in [5.74, 6) is 1.45. The van der Waals surface area contributed by atoms with E-state index in [1.54, 1.807) is 0 Å². The number of nitrogens with one attached hydrogen (secondary N) is 1. The zero-order valence-corrected chi connectivity index (χ0v) is 20.9. The van der Waals surface area contributed by atoms with Crippen molar-refractivity contribution in [1.82, 2.24) is 35.0 Å². The molecule has 1 saturated heterocycles. The molecule has 0 radical (unpaired) electrons. The molecule has 188 valence electrons. The summed E-state index contributed by atoms with van der Waals surface area (Å²) < 4.78 is 7.53. The van der Waals surface area contributed by atoms with Crippen molar-refractivity contribution in [2.75, 3.05) is 39.3 Å². The van der Waals surface area contributed by atoms with Crippen LogP contribution in [0, 0.1) is 0 Å². The molecule has 0 bridgehead atoms. The first kappa shape index (κ1) is 24.1. The molecule has 36 heavy (non-hydrogen) atoms. The van der Waals surface area contributed by atoms with Gasteiger partial charge in [0.1, 0.15) is 11.8 Å². The zero-order chi connectivity index (χ0) is 24.9. The Kier molecular flexibility index (Phi) is 7.39. The van der Waals surface area contributed by atoms with E-state index in [2.05, 4.69) is 49.4 Å². The number of pyridine rings is 1. The third-order valence-corrected chi connectivity index (χ3v) is 6.74. The van der Waals surface area contributed by atoms with Gasteiger partial charge in [0.05, 0.1) is 13.2 Å². The number of fused-ring (bicyclic) bond motifs is 1. The molecule has 1 fully saturated rings. The summed E-state index contributed by atoms with van der Waals surface area (Å²) >= 11 is 0. The summed E-state index contributed by atoms with van der Waals surface area (Å²) in [5, 5.41) is 13.7. The van der Waals surface area contributed by atoms with Gasteiger partial charge in [-0.2, -0.15) is 0 Å². The molecule has 1 aliphatic heterocycles. The number of hydrogen-bond acceptors (Lipinski definition) is 7. The van der Waals surface area contributed by atoms with Crippen LogP contribution in [0.4, 0.5) is 0 Å². The number of hydrogen-bond donors (Lipinski definition) is 1. The topological polar surface area (TPSA) is 92.2 Å². The van der Waals surface area contributed by atoms with Gasteiger partial charge in [0.2, 0.25) is 0 Å². The molecule has 9 heteroatoms. The lowest BCUT2D eigenvalue weighted by molar-refractivity contribution is 0.104. The van der Waals surface area contributed by atoms with Crippen molar-refractivity contribution in [3.8, 4) is 5.75 Å². The number of rotatable bonds is 9. The van der Waals surface area contributed by atoms with Crippen LogP contribution in [-0.2, 0) is 6.54 Å². The number of benzene rings is 2. The van der Waals surface area contributed by atoms with Crippen molar-refractivity contribution >= 4 is 10.9 Å². The molecule has 0 saturated carbocycles. The summed E-state index contributed by atoms with van der Waals surface area (Å²) in [6.07, 6.45) is 1.13. The molecule has 2 aromatic carbocycles. The molecule has 0 spiro atoms. The molecule has 1 N–H and O–H groups in total. The minimum Gasteiger partial charge on any atom is -0.494 e. The monoisotopic (exact) mass is 487 g/mol. The van der Waals surface area contributed by atoms with Gasteiger partial charge in [-0.1, -0.05) is 37.3 Å². The molecule has 4 aromatic rings. The third kappa shape index (κ3) is 5.17. The van der Waals surface area contributed by atoms with Crippen LogP contribution >= 0.6 is 0 Å². The van der Waals surface area contributed by atoms with Gasteiger partial charge in [-0.25, -0.2) is 4.68 Å². The molecule has 0 amide bonds. The van der Waals surface area contributed by atoms with Gasteiger partial charge in [0, 0.05) is 42.6 Å². The number of tetrazole rings is 1. The van der Waals surface area contributed by atoms with Crippen molar-refractivity contribution in [3.05, 3.63) is 81.9 Å². The highest BCUT2D eigenvalue weighted by Gasteiger charge is 2.32. The molecular formula is C27H33N7O2. The average molecular weight is 488 g/mol. The summed E-state index contributed by atoms with van der Waals surface area (Å²) in [4.78, 5) is 21.3. The van der Waals surface area contributed by atoms with E-state index in [-0.39, 0.29) is 11.6 Å². The van der Waals surface area contributed by atoms with Gasteiger partial charge < -0.3 is 14.6 Å². The number of nitrogens with zero attached hydrogens (tertiary/aromatic N) is 6. The van der Waals surface area contributed by atoms with Crippen LogP contribution in [0.1, 0.15) is 43.3 Å². The minimum atomic E-state index is -0.364. The smallest absolute Gasteiger partial charge is 0.253 e. The standard InChI is InChI=1S/C27H33N7O2/c1-3-12-32-13-15-33(16-14-32)25(26-29-30-31-34(26)19-20-8-6-5-7-9-20)23-18-21-17-22(36-4-2)10-11-24(21)28-27(23)35/h5-11,17-18,25H,3-4,12-16,19H2,1-2H3,(H,28,35). The highest BCUT2D eigenvalue weighted by Crippen LogP contribution is 2.29. The SMILES string of the molecule is CCCN1CCN(C(c2cc3cc(OCC)ccc3[nH]c2=O)c2nnnn2Cc2ccccc2)CC1. The van der Waals surface area contributed by atoms with E-state index in [1.165, 1.54) is 0 Å². The second-order valence-corrected chi connectivity index (χ2v) is 9.20. The molecule has 3 heterocycles. The van der Waals surface area contributed by atoms with Crippen LogP contribution in [0.25, 0.3) is 10.9 Å². The summed E-state index contributed by atoms with van der Waals surface area (Å²) in [6, 6.07) is 17.5. The second kappa shape index (κ2) is 11.0. The highest BCUT2D eigenvalue weighted by molar-refractivity contribution is 5.80. The number of ether oxygens (including phenoxy) is 1. The Labute approximate surface area is 210 Å². The molecule has 2 aromatic heterocycles. The molecule has 9 nitrogen and oxygen atoms in total. The number of piperazine rings is 1. The number of aromatic amines is 1. The minimum absolute atomic E-state index is 0.123. The summed E-state index contributed by atoms with van der Waals surface area (Å²) in [5.41, 5.74) is 2.40. The fraction of sp³-hybridized carbons (Fsp3) is 0.407. The summed E-state index contributed by atoms with van der Waals surface area (Å²) in [7, 11) is 0. The van der Waals surface area contributed by atoms with Crippen molar-refractivity contribution in [2.45, 2.75) is 32.9 Å². The lowest BCUT2D eigenvalue weighted by atomic mass is 10.0. The lowest BCUT2D eigenvalue weighted by Gasteiger charge is -2.38. The van der Waals surface area contributed by atoms with Crippen LogP contribution in [0.15, 0.2) is 59.4 Å². The van der Waals surface area contributed by atoms with Crippen LogP contribution in [0.5, 0.6) is 5.75 Å². The maximum atomic E-state index is 13.5. The predicted molar refractivity (Wildman–Crippen MR) is 139 cm³/mol. The van der Waals surface area contributed by atoms with E-state index in [1.807, 2.05) is 54.1 Å². The lowest BCUT2D eigenvalue weighted by Crippen LogP contribution is -2.49. The molecule has 1 atom stereocenters. The Morgan fingerprint density at radius 1 is 1.03 bits per heavy atom. The molecular weight excluding hydrogens is 454 g/mol. The van der Waals surface area contributed by atoms with Crippen molar-refractivity contribution in [2.24, 2.45) is 0 Å². The molecule has 1 unspecified atom stereocenters. The molecule has 1 aliphatic rings. The molecule has 0 aliphatic carbocycles. The second-order valence-electron chi connectivity index (χ2n) is 9.20. The van der Waals surface area contributed by atoms with Crippen molar-refractivity contribution in [1.29, 1.82) is 0 Å². The quantitative estimate of drug-likeness (QED) is 0.388. The first-order chi connectivity index (χ1) is 17.7. The van der Waals surface area contributed by atoms with Gasteiger partial charge in [0.25, 0.3) is 5.56 Å². The maximum Gasteiger partial charge on any atom is 0.253 e. The third-order valence-electron chi connectivity index (χ3n) is 6.74. The van der Waals surface area contributed by atoms with E-state index in [9.17, 15) is 4.79 Å². The van der Waals surface area contributed by atoms with Crippen LogP contribution in [0.2, 0.25) is 0 Å². The van der Waals surface area contributed by atoms with Crippen molar-refractivity contribution in [3.63, 3.8) is 0 Å². The van der Waals surface area contributed by atoms with Gasteiger partial charge >= 0.3 is 0 Å². The first-order valence-corrected chi connectivity index (χ1v) is 12.7. The Bertz CT molecular complexity index is 1340. The largest absolute Gasteiger partial charge is 0.494 e. The fourth-order valence-electron chi connectivity index (χ4n) is 5.00. The zero-order valence-electron chi connectivity index (χ0n) is 20.9. The maximum absolute atomic E-state index is 13.5. The van der Waals surface area contributed by atoms with Gasteiger partial charge in [0.15, 0.2) is 5.82 Å². The van der Waals surface area contributed by atoms with Crippen molar-refractivity contribution < 1.29 is 4.74 Å². The number of aromatic nitrogens is 5. The van der Waals surface area contributed by atoms with Crippen LogP contribution < -0.4 is 10.3 Å². The predicted octanol–water partition coefficient (Wildman–Crippen LogP) is 3.08. The first-order valence-electron chi connectivity index (χ1n) is 12.7.